The number of amides is 1. The molecule has 2 heterocycles. The van der Waals surface area contributed by atoms with Gasteiger partial charge in [0.25, 0.3) is 5.91 Å². The number of halogens is 2. The molecule has 24 heavy (non-hydrogen) atoms. The van der Waals surface area contributed by atoms with Crippen molar-refractivity contribution < 1.29 is 14.3 Å². The van der Waals surface area contributed by atoms with Gasteiger partial charge in [-0.2, -0.15) is 10.1 Å². The van der Waals surface area contributed by atoms with E-state index in [2.05, 4.69) is 41.3 Å². The van der Waals surface area contributed by atoms with Gasteiger partial charge >= 0.3 is 0 Å². The minimum Gasteiger partial charge on any atom is -0.507 e. The summed E-state index contributed by atoms with van der Waals surface area (Å²) in [5, 5.41) is 19.1. The summed E-state index contributed by atoms with van der Waals surface area (Å²) in [4.78, 5) is 18.4. The predicted molar refractivity (Wildman–Crippen MR) is 89.4 cm³/mol. The molecule has 1 aliphatic heterocycles. The van der Waals surface area contributed by atoms with Gasteiger partial charge in [-0.3, -0.25) is 4.79 Å². The number of nitrogens with zero attached hydrogens (tertiary/aromatic N) is 3. The lowest BCUT2D eigenvalue weighted by atomic mass is 9.97. The first-order valence-electron chi connectivity index (χ1n) is 7.61. The minimum atomic E-state index is -0.750. The summed E-state index contributed by atoms with van der Waals surface area (Å²) in [7, 11) is 0. The molecule has 0 spiro atoms. The maximum absolute atomic E-state index is 13.9. The zero-order chi connectivity index (χ0) is 17.1. The number of hydrogen-bond acceptors (Lipinski definition) is 5. The fraction of sp³-hybridized carbons (Fsp3) is 0.400. The molecule has 0 bridgehead atoms. The Balaban J connectivity index is 1.53. The lowest BCUT2D eigenvalue weighted by molar-refractivity contribution is 0.0938. The van der Waals surface area contributed by atoms with Crippen LogP contribution in [-0.2, 0) is 0 Å². The Labute approximate surface area is 146 Å². The largest absolute Gasteiger partial charge is 0.507 e. The molecule has 3 N–H and O–H groups in total. The number of aromatic nitrogens is 3. The van der Waals surface area contributed by atoms with Crippen LogP contribution in [0.5, 0.6) is 5.75 Å². The second-order valence-corrected chi connectivity index (χ2v) is 6.65. The average Bonchev–Trinajstić information content (AvgIpc) is 3.07. The van der Waals surface area contributed by atoms with E-state index in [1.807, 2.05) is 0 Å². The Morgan fingerprint density at radius 3 is 2.83 bits per heavy atom. The van der Waals surface area contributed by atoms with Gasteiger partial charge in [0, 0.05) is 24.1 Å². The van der Waals surface area contributed by atoms with E-state index in [1.165, 1.54) is 12.4 Å². The first kappa shape index (κ1) is 16.7. The average molecular weight is 398 g/mol. The SMILES string of the molecule is O=C(NCC1CCN(c2ncn[nH]2)CC1)c1c(O)cc(Br)cc1F. The summed E-state index contributed by atoms with van der Waals surface area (Å²) >= 11 is 3.07. The third-order valence-corrected chi connectivity index (χ3v) is 4.59. The lowest BCUT2D eigenvalue weighted by Gasteiger charge is -2.31. The number of anilines is 1. The van der Waals surface area contributed by atoms with Crippen LogP contribution in [0.3, 0.4) is 0 Å². The normalized spacial score (nSPS) is 15.5. The number of benzene rings is 1. The standard InChI is InChI=1S/C15H17BrFN5O2/c16-10-5-11(17)13(12(23)6-10)14(24)18-7-9-1-3-22(4-2-9)15-19-8-20-21-15/h5-6,8-9,23H,1-4,7H2,(H,18,24)(H,19,20,21). The summed E-state index contributed by atoms with van der Waals surface area (Å²) < 4.78 is 14.2. The Morgan fingerprint density at radius 1 is 1.46 bits per heavy atom. The number of carbonyl (C=O) groups is 1. The maximum atomic E-state index is 13.9. The lowest BCUT2D eigenvalue weighted by Crippen LogP contribution is -2.39. The van der Waals surface area contributed by atoms with E-state index in [0.717, 1.165) is 37.9 Å². The molecule has 0 atom stereocenters. The molecule has 1 saturated heterocycles. The van der Waals surface area contributed by atoms with Crippen LogP contribution in [0.25, 0.3) is 0 Å². The molecule has 1 aromatic carbocycles. The summed E-state index contributed by atoms with van der Waals surface area (Å²) in [5.74, 6) is -0.678. The molecule has 3 rings (SSSR count). The number of phenolic OH excluding ortho intramolecular Hbond substituents is 1. The molecular formula is C15H17BrFN5O2. The quantitative estimate of drug-likeness (QED) is 0.733. The third-order valence-electron chi connectivity index (χ3n) is 4.13. The van der Waals surface area contributed by atoms with Gasteiger partial charge in [-0.05, 0) is 30.9 Å². The van der Waals surface area contributed by atoms with Crippen molar-refractivity contribution >= 4 is 27.8 Å². The fourth-order valence-electron chi connectivity index (χ4n) is 2.81. The Morgan fingerprint density at radius 2 is 2.21 bits per heavy atom. The smallest absolute Gasteiger partial charge is 0.258 e. The number of nitrogens with one attached hydrogen (secondary N) is 2. The third kappa shape index (κ3) is 3.66. The highest BCUT2D eigenvalue weighted by atomic mass is 79.9. The topological polar surface area (TPSA) is 94.1 Å². The molecule has 9 heteroatoms. The van der Waals surface area contributed by atoms with E-state index in [-0.39, 0.29) is 11.3 Å². The fourth-order valence-corrected chi connectivity index (χ4v) is 3.23. The number of aromatic hydroxyl groups is 1. The highest BCUT2D eigenvalue weighted by Crippen LogP contribution is 2.26. The summed E-state index contributed by atoms with van der Waals surface area (Å²) in [6.07, 6.45) is 3.24. The number of aromatic amines is 1. The van der Waals surface area contributed by atoms with Crippen molar-refractivity contribution in [2.75, 3.05) is 24.5 Å². The van der Waals surface area contributed by atoms with E-state index in [4.69, 9.17) is 0 Å². The number of carbonyl (C=O) groups excluding carboxylic acids is 1. The van der Waals surface area contributed by atoms with Gasteiger partial charge in [0.2, 0.25) is 5.95 Å². The van der Waals surface area contributed by atoms with Crippen LogP contribution in [0.1, 0.15) is 23.2 Å². The zero-order valence-electron chi connectivity index (χ0n) is 12.8. The first-order chi connectivity index (χ1) is 11.5. The van der Waals surface area contributed by atoms with Crippen molar-refractivity contribution in [2.24, 2.45) is 5.92 Å². The molecular weight excluding hydrogens is 381 g/mol. The van der Waals surface area contributed by atoms with Crippen molar-refractivity contribution in [3.05, 3.63) is 34.3 Å². The molecule has 128 valence electrons. The number of phenols is 1. The molecule has 1 fully saturated rings. The van der Waals surface area contributed by atoms with Crippen LogP contribution in [0, 0.1) is 11.7 Å². The van der Waals surface area contributed by atoms with E-state index in [1.54, 1.807) is 0 Å². The molecule has 1 amide bonds. The van der Waals surface area contributed by atoms with E-state index in [9.17, 15) is 14.3 Å². The molecule has 1 aromatic heterocycles. The maximum Gasteiger partial charge on any atom is 0.258 e. The van der Waals surface area contributed by atoms with Crippen LogP contribution in [0.15, 0.2) is 22.9 Å². The van der Waals surface area contributed by atoms with E-state index < -0.39 is 11.7 Å². The molecule has 2 aromatic rings. The molecule has 1 aliphatic rings. The number of H-pyrrole nitrogens is 1. The van der Waals surface area contributed by atoms with Gasteiger partial charge in [0.15, 0.2) is 0 Å². The molecule has 0 unspecified atom stereocenters. The zero-order valence-corrected chi connectivity index (χ0v) is 14.4. The Hall–Kier alpha value is -2.16. The summed E-state index contributed by atoms with van der Waals surface area (Å²) in [5.41, 5.74) is -0.322. The predicted octanol–water partition coefficient (Wildman–Crippen LogP) is 2.06. The van der Waals surface area contributed by atoms with Crippen LogP contribution in [0.2, 0.25) is 0 Å². The van der Waals surface area contributed by atoms with Gasteiger partial charge in [-0.25, -0.2) is 9.49 Å². The highest BCUT2D eigenvalue weighted by Gasteiger charge is 2.23. The minimum absolute atomic E-state index is 0.300. The molecule has 7 nitrogen and oxygen atoms in total. The van der Waals surface area contributed by atoms with E-state index >= 15 is 0 Å². The summed E-state index contributed by atoms with van der Waals surface area (Å²) in [6.45, 7) is 2.07. The van der Waals surface area contributed by atoms with Crippen LogP contribution < -0.4 is 10.2 Å². The van der Waals surface area contributed by atoms with Crippen molar-refractivity contribution in [2.45, 2.75) is 12.8 Å². The van der Waals surface area contributed by atoms with Crippen LogP contribution >= 0.6 is 15.9 Å². The molecule has 0 saturated carbocycles. The first-order valence-corrected chi connectivity index (χ1v) is 8.40. The van der Waals surface area contributed by atoms with Gasteiger partial charge in [-0.15, -0.1) is 0 Å². The Bertz CT molecular complexity index is 694. The van der Waals surface area contributed by atoms with Crippen molar-refractivity contribution in [3.8, 4) is 5.75 Å². The van der Waals surface area contributed by atoms with Crippen molar-refractivity contribution in [1.29, 1.82) is 0 Å². The van der Waals surface area contributed by atoms with Gasteiger partial charge in [0.05, 0.1) is 0 Å². The summed E-state index contributed by atoms with van der Waals surface area (Å²) in [6, 6.07) is 2.46. The monoisotopic (exact) mass is 397 g/mol. The Kier molecular flexibility index (Phi) is 4.98. The van der Waals surface area contributed by atoms with Crippen molar-refractivity contribution in [1.82, 2.24) is 20.5 Å². The molecule has 0 aliphatic carbocycles. The van der Waals surface area contributed by atoms with Crippen molar-refractivity contribution in [3.63, 3.8) is 0 Å². The van der Waals surface area contributed by atoms with Gasteiger partial charge in [0.1, 0.15) is 23.5 Å². The number of rotatable bonds is 4. The van der Waals surface area contributed by atoms with E-state index in [0.29, 0.717) is 16.9 Å². The van der Waals surface area contributed by atoms with Gasteiger partial charge in [-0.1, -0.05) is 15.9 Å². The number of piperidine rings is 1. The van der Waals surface area contributed by atoms with Crippen LogP contribution in [-0.4, -0.2) is 45.8 Å². The second-order valence-electron chi connectivity index (χ2n) is 5.73. The second kappa shape index (κ2) is 7.16. The van der Waals surface area contributed by atoms with Gasteiger partial charge < -0.3 is 15.3 Å². The number of hydrogen-bond donors (Lipinski definition) is 3. The highest BCUT2D eigenvalue weighted by molar-refractivity contribution is 9.10. The van der Waals surface area contributed by atoms with Crippen LogP contribution in [0.4, 0.5) is 10.3 Å². The molecule has 0 radical (unpaired) electrons.